The summed E-state index contributed by atoms with van der Waals surface area (Å²) in [6, 6.07) is 5.66. The number of amides is 2. The van der Waals surface area contributed by atoms with Crippen LogP contribution in [0.2, 0.25) is 0 Å². The van der Waals surface area contributed by atoms with Crippen LogP contribution < -0.4 is 15.2 Å². The maximum absolute atomic E-state index is 12.2. The van der Waals surface area contributed by atoms with Crippen LogP contribution in [0.1, 0.15) is 46.0 Å². The standard InChI is InChI=1S/C22H31N3O4/c1-22(2)11-20(26)25(21(27)12-22)9-5-4-6-15(23)14-29-19-13-24-18-8-7-16(28-3)10-17(18)19/h7-8,10,13,15,24H,4-6,9,11-12,14,23H2,1-3H3. The SMILES string of the molecule is COc1ccc2[nH]cc(OCC(N)CCCCN3C(=O)CC(C)(C)CC3=O)c2c1. The summed E-state index contributed by atoms with van der Waals surface area (Å²) in [6.45, 7) is 4.80. The number of methoxy groups -OCH3 is 1. The summed E-state index contributed by atoms with van der Waals surface area (Å²) < 4.78 is 11.2. The van der Waals surface area contributed by atoms with Gasteiger partial charge in [0.2, 0.25) is 11.8 Å². The van der Waals surface area contributed by atoms with Crippen LogP contribution in [0.15, 0.2) is 24.4 Å². The molecule has 0 spiro atoms. The normalized spacial score (nSPS) is 17.6. The van der Waals surface area contributed by atoms with Crippen molar-refractivity contribution in [2.45, 2.75) is 52.0 Å². The maximum Gasteiger partial charge on any atom is 0.229 e. The molecule has 0 radical (unpaired) electrons. The van der Waals surface area contributed by atoms with Crippen LogP contribution in [0, 0.1) is 5.41 Å². The summed E-state index contributed by atoms with van der Waals surface area (Å²) >= 11 is 0. The van der Waals surface area contributed by atoms with Gasteiger partial charge in [0.05, 0.1) is 7.11 Å². The van der Waals surface area contributed by atoms with E-state index in [-0.39, 0.29) is 23.3 Å². The summed E-state index contributed by atoms with van der Waals surface area (Å²) in [6.07, 6.45) is 5.06. The molecule has 2 aromatic rings. The van der Waals surface area contributed by atoms with Gasteiger partial charge in [0.15, 0.2) is 0 Å². The van der Waals surface area contributed by atoms with Crippen molar-refractivity contribution < 1.29 is 19.1 Å². The molecule has 2 heterocycles. The molecule has 1 saturated heterocycles. The van der Waals surface area contributed by atoms with Crippen LogP contribution >= 0.6 is 0 Å². The Balaban J connectivity index is 1.41. The molecule has 1 atom stereocenters. The van der Waals surface area contributed by atoms with Crippen molar-refractivity contribution >= 4 is 22.7 Å². The minimum absolute atomic E-state index is 0.0614. The molecule has 3 N–H and O–H groups in total. The zero-order valence-corrected chi connectivity index (χ0v) is 17.5. The molecule has 29 heavy (non-hydrogen) atoms. The third kappa shape index (κ3) is 5.29. The summed E-state index contributed by atoms with van der Waals surface area (Å²) in [5, 5.41) is 0.960. The number of likely N-dealkylation sites (tertiary alicyclic amines) is 1. The van der Waals surface area contributed by atoms with E-state index in [0.717, 1.165) is 41.7 Å². The topological polar surface area (TPSA) is 97.7 Å². The zero-order chi connectivity index (χ0) is 21.0. The van der Waals surface area contributed by atoms with Gasteiger partial charge >= 0.3 is 0 Å². The lowest BCUT2D eigenvalue weighted by Gasteiger charge is -2.34. The van der Waals surface area contributed by atoms with E-state index in [0.29, 0.717) is 26.0 Å². The van der Waals surface area contributed by atoms with Crippen molar-refractivity contribution in [1.82, 2.24) is 9.88 Å². The lowest BCUT2D eigenvalue weighted by Crippen LogP contribution is -2.46. The minimum atomic E-state index is -0.225. The predicted octanol–water partition coefficient (Wildman–Crippen LogP) is 3.23. The molecule has 1 aromatic carbocycles. The van der Waals surface area contributed by atoms with E-state index < -0.39 is 0 Å². The number of fused-ring (bicyclic) bond motifs is 1. The number of aromatic nitrogens is 1. The number of imide groups is 1. The Morgan fingerprint density at radius 2 is 1.93 bits per heavy atom. The fourth-order valence-electron chi connectivity index (χ4n) is 3.74. The van der Waals surface area contributed by atoms with E-state index >= 15 is 0 Å². The number of aromatic amines is 1. The van der Waals surface area contributed by atoms with Crippen LogP contribution in [0.4, 0.5) is 0 Å². The number of ether oxygens (including phenoxy) is 2. The third-order valence-electron chi connectivity index (χ3n) is 5.37. The molecule has 0 aliphatic carbocycles. The molecule has 7 nitrogen and oxygen atoms in total. The zero-order valence-electron chi connectivity index (χ0n) is 17.5. The molecule has 1 unspecified atom stereocenters. The van der Waals surface area contributed by atoms with Crippen molar-refractivity contribution in [2.75, 3.05) is 20.3 Å². The van der Waals surface area contributed by atoms with Crippen LogP contribution in [0.5, 0.6) is 11.5 Å². The van der Waals surface area contributed by atoms with Crippen LogP contribution in [0.3, 0.4) is 0 Å². The number of unbranched alkanes of at least 4 members (excludes halogenated alkanes) is 1. The van der Waals surface area contributed by atoms with Gasteiger partial charge in [-0.15, -0.1) is 0 Å². The first-order valence-corrected chi connectivity index (χ1v) is 10.2. The van der Waals surface area contributed by atoms with Crippen molar-refractivity contribution in [1.29, 1.82) is 0 Å². The number of nitrogens with zero attached hydrogens (tertiary/aromatic N) is 1. The van der Waals surface area contributed by atoms with Crippen LogP contribution in [0.25, 0.3) is 10.9 Å². The summed E-state index contributed by atoms with van der Waals surface area (Å²) in [5.74, 6) is 1.40. The Labute approximate surface area is 171 Å². The van der Waals surface area contributed by atoms with Crippen molar-refractivity contribution in [3.63, 3.8) is 0 Å². The van der Waals surface area contributed by atoms with Crippen molar-refractivity contribution in [2.24, 2.45) is 11.1 Å². The van der Waals surface area contributed by atoms with Gasteiger partial charge in [0, 0.05) is 42.5 Å². The average molecular weight is 402 g/mol. The number of carbonyl (C=O) groups excluding carboxylic acids is 2. The van der Waals surface area contributed by atoms with Gasteiger partial charge in [-0.25, -0.2) is 0 Å². The number of H-pyrrole nitrogens is 1. The lowest BCUT2D eigenvalue weighted by molar-refractivity contribution is -0.152. The lowest BCUT2D eigenvalue weighted by atomic mass is 9.81. The number of piperidine rings is 1. The number of benzene rings is 1. The molecule has 1 aromatic heterocycles. The Kier molecular flexibility index (Phi) is 6.47. The monoisotopic (exact) mass is 401 g/mol. The highest BCUT2D eigenvalue weighted by Gasteiger charge is 2.36. The van der Waals surface area contributed by atoms with Crippen molar-refractivity contribution in [3.05, 3.63) is 24.4 Å². The van der Waals surface area contributed by atoms with E-state index in [2.05, 4.69) is 4.98 Å². The molecular weight excluding hydrogens is 370 g/mol. The smallest absolute Gasteiger partial charge is 0.229 e. The largest absolute Gasteiger partial charge is 0.497 e. The molecule has 158 valence electrons. The molecule has 0 bridgehead atoms. The number of hydrogen-bond acceptors (Lipinski definition) is 5. The van der Waals surface area contributed by atoms with E-state index in [4.69, 9.17) is 15.2 Å². The molecule has 1 aliphatic heterocycles. The first kappa shape index (κ1) is 21.2. The second kappa shape index (κ2) is 8.86. The number of nitrogens with one attached hydrogen (secondary N) is 1. The third-order valence-corrected chi connectivity index (χ3v) is 5.37. The van der Waals surface area contributed by atoms with Gasteiger partial charge < -0.3 is 20.2 Å². The fraction of sp³-hybridized carbons (Fsp3) is 0.545. The quantitative estimate of drug-likeness (QED) is 0.497. The van der Waals surface area contributed by atoms with E-state index in [9.17, 15) is 9.59 Å². The molecule has 7 heteroatoms. The highest BCUT2D eigenvalue weighted by Crippen LogP contribution is 2.32. The number of rotatable bonds is 9. The first-order chi connectivity index (χ1) is 13.8. The molecule has 1 aliphatic rings. The van der Waals surface area contributed by atoms with Gasteiger partial charge in [-0.3, -0.25) is 14.5 Å². The van der Waals surface area contributed by atoms with Gasteiger partial charge in [0.25, 0.3) is 0 Å². The minimum Gasteiger partial charge on any atom is -0.497 e. The molecular formula is C22H31N3O4. The predicted molar refractivity (Wildman–Crippen MR) is 112 cm³/mol. The number of nitrogens with two attached hydrogens (primary N) is 1. The van der Waals surface area contributed by atoms with Crippen LogP contribution in [-0.2, 0) is 9.59 Å². The number of carbonyl (C=O) groups is 2. The molecule has 1 fully saturated rings. The highest BCUT2D eigenvalue weighted by molar-refractivity contribution is 5.98. The van der Waals surface area contributed by atoms with E-state index in [1.54, 1.807) is 7.11 Å². The van der Waals surface area contributed by atoms with Gasteiger partial charge in [0.1, 0.15) is 18.1 Å². The van der Waals surface area contributed by atoms with Gasteiger partial charge in [-0.1, -0.05) is 20.3 Å². The second-order valence-electron chi connectivity index (χ2n) is 8.59. The summed E-state index contributed by atoms with van der Waals surface area (Å²) in [4.78, 5) is 29.0. The van der Waals surface area contributed by atoms with E-state index in [1.165, 1.54) is 4.90 Å². The summed E-state index contributed by atoms with van der Waals surface area (Å²) in [7, 11) is 1.64. The average Bonchev–Trinajstić information content (AvgIpc) is 3.06. The van der Waals surface area contributed by atoms with Crippen molar-refractivity contribution in [3.8, 4) is 11.5 Å². The highest BCUT2D eigenvalue weighted by atomic mass is 16.5. The summed E-state index contributed by atoms with van der Waals surface area (Å²) in [5.41, 5.74) is 6.95. The Morgan fingerprint density at radius 1 is 1.21 bits per heavy atom. The fourth-order valence-corrected chi connectivity index (χ4v) is 3.74. The maximum atomic E-state index is 12.2. The molecule has 3 rings (SSSR count). The Hall–Kier alpha value is -2.54. The molecule has 2 amide bonds. The first-order valence-electron chi connectivity index (χ1n) is 10.2. The molecule has 0 saturated carbocycles. The Bertz CT molecular complexity index is 854. The van der Waals surface area contributed by atoms with Gasteiger partial charge in [-0.05, 0) is 36.5 Å². The second-order valence-corrected chi connectivity index (χ2v) is 8.59. The van der Waals surface area contributed by atoms with Crippen LogP contribution in [-0.4, -0.2) is 48.0 Å². The Morgan fingerprint density at radius 3 is 2.62 bits per heavy atom. The number of hydrogen-bond donors (Lipinski definition) is 2. The van der Waals surface area contributed by atoms with E-state index in [1.807, 2.05) is 38.2 Å². The van der Waals surface area contributed by atoms with Gasteiger partial charge in [-0.2, -0.15) is 0 Å².